The van der Waals surface area contributed by atoms with Crippen molar-refractivity contribution in [2.45, 2.75) is 268 Å². The summed E-state index contributed by atoms with van der Waals surface area (Å²) in [4.78, 5) is 95.4. The van der Waals surface area contributed by atoms with E-state index >= 15 is 0 Å². The summed E-state index contributed by atoms with van der Waals surface area (Å²) in [6, 6.07) is 15.3. The second kappa shape index (κ2) is 56.1. The van der Waals surface area contributed by atoms with Gasteiger partial charge in [-0.1, -0.05) is 116 Å². The number of aromatic amines is 1. The number of guanidine groups is 1. The standard InChI is InChI=1S/C87H152N22O14/c1-10-28-66(98-76(112)58-108-50-48-106(14-5)46-44-105(13-4)45-47-107(15-6)49-51-108)81(117)99-67(29-11-2)82(118)102-70(78(114)91-41-24-16-17-26-43-109-56-61-53-60(36-37-63(61)94-72(86(109)122)54-77(113)123-9)85(121)104(8)57-73-95-64-32-21-22-33-65(64)96-73)38-39-74(110)90-40-25-23-34-69-83(119)100-68(35-27-42-92-87(88)89-7)79(115)93-55-75(111)97-62(12-3)80(116)103-71(84(120)101-69)52-59-30-19-18-20-31-59/h18-22,30-33,36-37,53,62,66-72,74-75,78-79,81,83,85-86,90-91,93-94,97,99-100,110-111,114-115,117,119,121-122H,10-17,23-29,34-35,38-52,54-58H2,1-9H3,(H,95,96)(H,98,112)(H,101,120)(H,102,118)(H,103,116)(H3,88,89,92)/t62-,66-,67-,68?,69-,70+,71+,72-,74+,75+,78+,79+,81-,83+,85-,86-/m0/s1. The number of β-amino-alcohol motifs (C(OH)–C–C–N with tert-alkyl or cyclic N) is 1. The number of carbonyl (C=O) groups excluding carboxylic acids is 5. The van der Waals surface area contributed by atoms with E-state index < -0.39 is 122 Å². The molecule has 23 N–H and O–H groups in total. The molecule has 7 rings (SSSR count). The van der Waals surface area contributed by atoms with E-state index in [9.17, 15) is 64.8 Å². The number of hydrogen-bond acceptors (Lipinski definition) is 29. The van der Waals surface area contributed by atoms with Gasteiger partial charge in [-0.3, -0.25) is 75.6 Å². The summed E-state index contributed by atoms with van der Waals surface area (Å²) >= 11 is 0. The lowest BCUT2D eigenvalue weighted by Crippen LogP contribution is -2.60. The highest BCUT2D eigenvalue weighted by atomic mass is 16.5. The van der Waals surface area contributed by atoms with Gasteiger partial charge in [0.05, 0.1) is 73.9 Å². The molecule has 694 valence electrons. The molecule has 0 spiro atoms. The molecular formula is C87H152N22O14. The quantitative estimate of drug-likeness (QED) is 0.00912. The normalized spacial score (nSPS) is 23.4. The number of imidazole rings is 1. The van der Waals surface area contributed by atoms with Gasteiger partial charge < -0.3 is 103 Å². The van der Waals surface area contributed by atoms with Gasteiger partial charge in [0.1, 0.15) is 61.7 Å². The third-order valence-corrected chi connectivity index (χ3v) is 23.8. The second-order valence-corrected chi connectivity index (χ2v) is 33.0. The number of para-hydroxylation sites is 2. The minimum absolute atomic E-state index is 0.0574. The number of esters is 1. The van der Waals surface area contributed by atoms with Crippen LogP contribution in [0.4, 0.5) is 5.69 Å². The largest absolute Gasteiger partial charge is 0.469 e. The van der Waals surface area contributed by atoms with Crippen LogP contribution in [0.1, 0.15) is 179 Å². The van der Waals surface area contributed by atoms with Crippen molar-refractivity contribution in [2.24, 2.45) is 10.7 Å². The highest BCUT2D eigenvalue weighted by Crippen LogP contribution is 2.31. The fourth-order valence-electron chi connectivity index (χ4n) is 16.1. The van der Waals surface area contributed by atoms with Crippen LogP contribution in [-0.4, -0.2) is 340 Å². The van der Waals surface area contributed by atoms with Crippen molar-refractivity contribution < 1.29 is 69.6 Å². The molecule has 4 heterocycles. The molecule has 4 aromatic rings. The summed E-state index contributed by atoms with van der Waals surface area (Å²) in [5, 5.41) is 131. The van der Waals surface area contributed by atoms with E-state index in [0.717, 1.165) is 93.2 Å². The molecule has 0 radical (unpaired) electrons. The van der Waals surface area contributed by atoms with Gasteiger partial charge in [0, 0.05) is 104 Å². The number of nitrogens with two attached hydrogens (primary N) is 1. The van der Waals surface area contributed by atoms with E-state index in [0.29, 0.717) is 121 Å². The molecule has 1 unspecified atom stereocenters. The predicted molar refractivity (Wildman–Crippen MR) is 477 cm³/mol. The van der Waals surface area contributed by atoms with Gasteiger partial charge in [-0.2, -0.15) is 0 Å². The molecule has 3 aliphatic rings. The Morgan fingerprint density at radius 1 is 0.659 bits per heavy atom. The van der Waals surface area contributed by atoms with Gasteiger partial charge >= 0.3 is 5.97 Å². The van der Waals surface area contributed by atoms with E-state index in [-0.39, 0.29) is 76.4 Å². The molecule has 36 nitrogen and oxygen atoms in total. The molecular weight excluding hydrogens is 1580 g/mol. The number of hydrogen-bond donors (Lipinski definition) is 22. The third kappa shape index (κ3) is 35.8. The number of amides is 4. The van der Waals surface area contributed by atoms with E-state index in [1.165, 1.54) is 7.11 Å². The zero-order valence-corrected chi connectivity index (χ0v) is 74.5. The molecule has 2 saturated heterocycles. The minimum atomic E-state index is -1.44. The number of aliphatic imine (C=N–C) groups is 1. The molecule has 16 atom stereocenters. The fourth-order valence-corrected chi connectivity index (χ4v) is 16.1. The van der Waals surface area contributed by atoms with Crippen LogP contribution in [-0.2, 0) is 48.2 Å². The maximum Gasteiger partial charge on any atom is 0.307 e. The molecule has 0 saturated carbocycles. The zero-order chi connectivity index (χ0) is 89.2. The molecule has 0 bridgehead atoms. The van der Waals surface area contributed by atoms with Gasteiger partial charge in [0.25, 0.3) is 0 Å². The lowest BCUT2D eigenvalue weighted by molar-refractivity contribution is -0.142. The zero-order valence-electron chi connectivity index (χ0n) is 74.5. The van der Waals surface area contributed by atoms with Crippen molar-refractivity contribution >= 4 is 52.3 Å². The molecule has 0 aliphatic carbocycles. The number of fused-ring (bicyclic) bond motifs is 2. The number of rotatable bonds is 46. The van der Waals surface area contributed by atoms with Crippen molar-refractivity contribution in [1.29, 1.82) is 0 Å². The van der Waals surface area contributed by atoms with Crippen molar-refractivity contribution in [1.82, 2.24) is 97.9 Å². The third-order valence-electron chi connectivity index (χ3n) is 23.8. The topological polar surface area (TPSA) is 487 Å². The maximum absolute atomic E-state index is 14.8. The Balaban J connectivity index is 1.02. The molecule has 123 heavy (non-hydrogen) atoms. The summed E-state index contributed by atoms with van der Waals surface area (Å²) in [7, 11) is 4.67. The Labute approximate surface area is 728 Å². The average Bonchev–Trinajstić information content (AvgIpc) is 1.70. The number of nitrogens with one attached hydrogen (secondary N) is 13. The number of anilines is 1. The van der Waals surface area contributed by atoms with E-state index in [1.54, 1.807) is 18.9 Å². The Bertz CT molecular complexity index is 3660. The number of unbranched alkanes of at least 4 members (excludes halogenated alkanes) is 4. The lowest BCUT2D eigenvalue weighted by Gasteiger charge is -2.34. The number of nitrogens with zero attached hydrogens (tertiary/aromatic N) is 8. The minimum Gasteiger partial charge on any atom is -0.469 e. The van der Waals surface area contributed by atoms with Crippen LogP contribution in [0.5, 0.6) is 0 Å². The van der Waals surface area contributed by atoms with Crippen LogP contribution in [0.3, 0.4) is 0 Å². The SMILES string of the molecule is CCC[C@H](N[C@@H](O)[C@H](CCC)NC(=O)CN1CCN(CC)CCN(CC)CCN(CC)CC1)C(=O)N[C@H](CC[C@@H](O)NCCCC[C@@H]1NC(=O)[C@@H](Cc2ccccc2)NC(=O)[C@H](CC)N[C@H](O)CN[C@H](O)C(CCCNC(N)=NC)N[C@@H]1O)[C@@H](O)NCCCCCCN1Cc2cc([C@H](O)N(C)Cc3nc4ccccc4[nH]3)ccc2N[C@@H](CC(=O)OC)[C@@H]1O. The highest BCUT2D eigenvalue weighted by Gasteiger charge is 2.37. The maximum atomic E-state index is 14.8. The highest BCUT2D eigenvalue weighted by molar-refractivity contribution is 5.90. The van der Waals surface area contributed by atoms with Crippen molar-refractivity contribution in [3.8, 4) is 0 Å². The van der Waals surface area contributed by atoms with Gasteiger partial charge in [0.15, 0.2) is 5.96 Å². The molecule has 36 heteroatoms. The second-order valence-electron chi connectivity index (χ2n) is 33.0. The summed E-state index contributed by atoms with van der Waals surface area (Å²) in [6.45, 7) is 23.8. The first-order chi connectivity index (χ1) is 59.3. The number of aromatic nitrogens is 2. The first-order valence-corrected chi connectivity index (χ1v) is 45.2. The van der Waals surface area contributed by atoms with Gasteiger partial charge in [0.2, 0.25) is 23.6 Å². The van der Waals surface area contributed by atoms with E-state index in [2.05, 4.69) is 114 Å². The molecule has 1 aromatic heterocycles. The average molecular weight is 1730 g/mol. The Hall–Kier alpha value is -7.25. The number of aliphatic hydroxyl groups is 8. The van der Waals surface area contributed by atoms with Crippen LogP contribution in [0, 0.1) is 0 Å². The van der Waals surface area contributed by atoms with Gasteiger partial charge in [-0.25, -0.2) is 4.98 Å². The van der Waals surface area contributed by atoms with Crippen molar-refractivity contribution in [3.05, 3.63) is 95.3 Å². The number of likely N-dealkylation sites (N-methyl/N-ethyl adjacent to an activating group) is 3. The first kappa shape index (κ1) is 103. The number of H-pyrrole nitrogens is 1. The summed E-state index contributed by atoms with van der Waals surface area (Å²) in [5.74, 6) is -1.39. The number of ether oxygens (including phenoxy) is 1. The van der Waals surface area contributed by atoms with Gasteiger partial charge in [-0.15, -0.1) is 0 Å². The lowest BCUT2D eigenvalue weighted by atomic mass is 10.0. The van der Waals surface area contributed by atoms with Crippen LogP contribution < -0.4 is 69.5 Å². The molecule has 4 amide bonds. The summed E-state index contributed by atoms with van der Waals surface area (Å²) < 4.78 is 5.05. The van der Waals surface area contributed by atoms with E-state index in [4.69, 9.17) is 15.5 Å². The Morgan fingerprint density at radius 2 is 1.29 bits per heavy atom. The predicted octanol–water partition coefficient (Wildman–Crippen LogP) is 0.0294. The van der Waals surface area contributed by atoms with E-state index in [1.807, 2.05) is 98.6 Å². The number of aliphatic hydroxyl groups excluding tert-OH is 8. The summed E-state index contributed by atoms with van der Waals surface area (Å²) in [5.41, 5.74) is 10.6. The van der Waals surface area contributed by atoms with Crippen LogP contribution in [0.25, 0.3) is 11.0 Å². The first-order valence-electron chi connectivity index (χ1n) is 45.2. The number of methoxy groups -OCH3 is 1. The van der Waals surface area contributed by atoms with Crippen LogP contribution in [0.2, 0.25) is 0 Å². The molecule has 3 aliphatic heterocycles. The van der Waals surface area contributed by atoms with Crippen molar-refractivity contribution in [2.75, 3.05) is 138 Å². The summed E-state index contributed by atoms with van der Waals surface area (Å²) in [6.07, 6.45) is -3.13. The van der Waals surface area contributed by atoms with Gasteiger partial charge in [-0.05, 0) is 158 Å². The number of benzene rings is 3. The van der Waals surface area contributed by atoms with Crippen LogP contribution >= 0.6 is 0 Å². The fraction of sp³-hybridized carbons (Fsp3) is 0.713. The Morgan fingerprint density at radius 3 is 1.95 bits per heavy atom. The molecule has 3 aromatic carbocycles. The Kier molecular flexibility index (Phi) is 46.9. The smallest absolute Gasteiger partial charge is 0.307 e. The monoisotopic (exact) mass is 1730 g/mol. The van der Waals surface area contributed by atoms with Crippen molar-refractivity contribution in [3.63, 3.8) is 0 Å². The van der Waals surface area contributed by atoms with Crippen LogP contribution in [0.15, 0.2) is 77.8 Å². The number of carbonyl (C=O) groups is 5. The molecule has 2 fully saturated rings.